The second-order valence-electron chi connectivity index (χ2n) is 6.98. The van der Waals surface area contributed by atoms with Gasteiger partial charge < -0.3 is 4.74 Å². The maximum Gasteiger partial charge on any atom is 0.341 e. The molecule has 12 heteroatoms. The van der Waals surface area contributed by atoms with Gasteiger partial charge in [-0.1, -0.05) is 0 Å². The molecule has 1 N–H and O–H groups in total. The number of hydrogen-bond donors (Lipinski definition) is 1. The van der Waals surface area contributed by atoms with Gasteiger partial charge in [-0.3, -0.25) is 4.79 Å². The Balaban J connectivity index is 1.68. The Morgan fingerprint density at radius 3 is 2.19 bits per heavy atom. The molecule has 172 valence electrons. The molecule has 1 aliphatic heterocycles. The van der Waals surface area contributed by atoms with Crippen LogP contribution in [0.3, 0.4) is 0 Å². The molecule has 0 atom stereocenters. The minimum atomic E-state index is -3.91. The van der Waals surface area contributed by atoms with E-state index in [-0.39, 0.29) is 15.4 Å². The van der Waals surface area contributed by atoms with Crippen LogP contribution in [0.1, 0.15) is 33.6 Å². The van der Waals surface area contributed by atoms with E-state index < -0.39 is 49.8 Å². The number of ketones is 1. The number of nitrogens with one attached hydrogen (secondary N) is 1. The number of ether oxygens (including phenoxy) is 1. The summed E-state index contributed by atoms with van der Waals surface area (Å²) in [6.45, 7) is 0.165. The van der Waals surface area contributed by atoms with E-state index in [9.17, 15) is 30.8 Å². The van der Waals surface area contributed by atoms with E-state index in [1.54, 1.807) is 0 Å². The van der Waals surface area contributed by atoms with Crippen molar-refractivity contribution >= 4 is 31.8 Å². The molecule has 0 amide bonds. The lowest BCUT2D eigenvalue weighted by Crippen LogP contribution is -2.27. The molecular formula is C20H21FN2O7S2. The first-order valence-electron chi connectivity index (χ1n) is 9.60. The zero-order chi connectivity index (χ0) is 23.5. The molecule has 32 heavy (non-hydrogen) atoms. The number of Topliss-reactive ketones (excluding diaryl/α,β-unsaturated/α-hetero) is 1. The number of nitrogens with zero attached hydrogens (tertiary/aromatic N) is 1. The monoisotopic (exact) mass is 484 g/mol. The third-order valence-electron chi connectivity index (χ3n) is 4.95. The first kappa shape index (κ1) is 24.0. The van der Waals surface area contributed by atoms with Crippen molar-refractivity contribution in [2.75, 3.05) is 26.7 Å². The Hall–Kier alpha value is -2.67. The Morgan fingerprint density at radius 1 is 1.00 bits per heavy atom. The average Bonchev–Trinajstić information content (AvgIpc) is 3.33. The van der Waals surface area contributed by atoms with Crippen molar-refractivity contribution in [3.05, 3.63) is 59.4 Å². The van der Waals surface area contributed by atoms with Crippen LogP contribution in [0.15, 0.2) is 52.3 Å². The van der Waals surface area contributed by atoms with Crippen molar-refractivity contribution in [3.63, 3.8) is 0 Å². The minimum absolute atomic E-state index is 0.0533. The molecule has 9 nitrogen and oxygen atoms in total. The van der Waals surface area contributed by atoms with Crippen LogP contribution < -0.4 is 4.72 Å². The maximum atomic E-state index is 14.0. The van der Waals surface area contributed by atoms with Crippen LogP contribution in [0.4, 0.5) is 4.39 Å². The van der Waals surface area contributed by atoms with Gasteiger partial charge in [0.25, 0.3) is 0 Å². The highest BCUT2D eigenvalue weighted by Gasteiger charge is 2.27. The van der Waals surface area contributed by atoms with Gasteiger partial charge in [-0.2, -0.15) is 4.31 Å². The summed E-state index contributed by atoms with van der Waals surface area (Å²) in [7, 11) is -6.37. The normalized spacial score (nSPS) is 14.9. The highest BCUT2D eigenvalue weighted by molar-refractivity contribution is 7.89. The van der Waals surface area contributed by atoms with Gasteiger partial charge in [0.05, 0.1) is 15.4 Å². The third-order valence-corrected chi connectivity index (χ3v) is 8.28. The highest BCUT2D eigenvalue weighted by Crippen LogP contribution is 2.21. The molecule has 0 saturated carbocycles. The van der Waals surface area contributed by atoms with E-state index in [4.69, 9.17) is 4.74 Å². The molecule has 1 aliphatic rings. The summed E-state index contributed by atoms with van der Waals surface area (Å²) >= 11 is 0. The minimum Gasteiger partial charge on any atom is -0.454 e. The fourth-order valence-electron chi connectivity index (χ4n) is 3.13. The number of esters is 1. The first-order valence-corrected chi connectivity index (χ1v) is 12.5. The summed E-state index contributed by atoms with van der Waals surface area (Å²) in [6, 6.07) is 7.82. The maximum absolute atomic E-state index is 14.0. The van der Waals surface area contributed by atoms with Crippen LogP contribution in [0, 0.1) is 5.82 Å². The molecule has 0 spiro atoms. The van der Waals surface area contributed by atoms with E-state index in [1.807, 2.05) is 4.72 Å². The molecule has 2 aromatic rings. The van der Waals surface area contributed by atoms with Gasteiger partial charge in [0.1, 0.15) is 5.82 Å². The summed E-state index contributed by atoms with van der Waals surface area (Å²) in [5.41, 5.74) is -0.536. The van der Waals surface area contributed by atoms with Crippen LogP contribution >= 0.6 is 0 Å². The topological polar surface area (TPSA) is 127 Å². The second kappa shape index (κ2) is 9.45. The molecule has 0 aliphatic carbocycles. The van der Waals surface area contributed by atoms with Gasteiger partial charge in [0.15, 0.2) is 12.4 Å². The van der Waals surface area contributed by atoms with Crippen molar-refractivity contribution in [1.82, 2.24) is 9.03 Å². The molecule has 0 radical (unpaired) electrons. The van der Waals surface area contributed by atoms with Crippen molar-refractivity contribution in [1.29, 1.82) is 0 Å². The molecular weight excluding hydrogens is 463 g/mol. The van der Waals surface area contributed by atoms with Crippen molar-refractivity contribution < 1.29 is 35.6 Å². The van der Waals surface area contributed by atoms with Crippen LogP contribution in [0.2, 0.25) is 0 Å². The van der Waals surface area contributed by atoms with Gasteiger partial charge in [0.2, 0.25) is 20.0 Å². The van der Waals surface area contributed by atoms with Crippen LogP contribution in [-0.2, 0) is 24.8 Å². The lowest BCUT2D eigenvalue weighted by atomic mass is 10.1. The average molecular weight is 485 g/mol. The molecule has 3 rings (SSSR count). The lowest BCUT2D eigenvalue weighted by Gasteiger charge is -2.15. The largest absolute Gasteiger partial charge is 0.454 e. The molecule has 0 bridgehead atoms. The van der Waals surface area contributed by atoms with Gasteiger partial charge in [-0.05, 0) is 62.4 Å². The molecule has 0 unspecified atom stereocenters. The summed E-state index contributed by atoms with van der Waals surface area (Å²) in [4.78, 5) is 24.2. The summed E-state index contributed by atoms with van der Waals surface area (Å²) < 4.78 is 71.0. The molecule has 0 aromatic heterocycles. The second-order valence-corrected chi connectivity index (χ2v) is 10.8. The Kier molecular flexibility index (Phi) is 7.08. The molecule has 2 aromatic carbocycles. The van der Waals surface area contributed by atoms with Crippen LogP contribution in [-0.4, -0.2) is 59.6 Å². The number of rotatable bonds is 8. The number of sulfonamides is 2. The van der Waals surface area contributed by atoms with Crippen LogP contribution in [0.5, 0.6) is 0 Å². The van der Waals surface area contributed by atoms with Gasteiger partial charge in [-0.15, -0.1) is 0 Å². The SMILES string of the molecule is CNS(=O)(=O)c1ccc(F)c(C(=O)OCC(=O)c2ccc(S(=O)(=O)N3CCCC3)cc2)c1. The molecule has 1 saturated heterocycles. The van der Waals surface area contributed by atoms with Gasteiger partial charge >= 0.3 is 5.97 Å². The quantitative estimate of drug-likeness (QED) is 0.445. The number of carbonyl (C=O) groups is 2. The van der Waals surface area contributed by atoms with E-state index in [0.29, 0.717) is 13.1 Å². The summed E-state index contributed by atoms with van der Waals surface area (Å²) in [5, 5.41) is 0. The lowest BCUT2D eigenvalue weighted by molar-refractivity contribution is 0.0470. The zero-order valence-electron chi connectivity index (χ0n) is 17.1. The standard InChI is InChI=1S/C20H21FN2O7S2/c1-22-31(26,27)16-8-9-18(21)17(12-16)20(25)30-13-19(24)14-4-6-15(7-5-14)32(28,29)23-10-2-3-11-23/h4-9,12,22H,2-3,10-11,13H2,1H3. The van der Waals surface area contributed by atoms with Crippen molar-refractivity contribution in [3.8, 4) is 0 Å². The Bertz CT molecular complexity index is 1240. The zero-order valence-corrected chi connectivity index (χ0v) is 18.7. The van der Waals surface area contributed by atoms with E-state index in [0.717, 1.165) is 38.1 Å². The summed E-state index contributed by atoms with van der Waals surface area (Å²) in [6.07, 6.45) is 1.59. The highest BCUT2D eigenvalue weighted by atomic mass is 32.2. The number of hydrogen-bond acceptors (Lipinski definition) is 7. The Labute approximate surface area is 185 Å². The number of halogens is 1. The Morgan fingerprint density at radius 2 is 1.59 bits per heavy atom. The predicted molar refractivity (Wildman–Crippen MR) is 112 cm³/mol. The fraction of sp³-hybridized carbons (Fsp3) is 0.300. The predicted octanol–water partition coefficient (Wildman–Crippen LogP) is 1.56. The van der Waals surface area contributed by atoms with E-state index in [1.165, 1.54) is 28.6 Å². The smallest absolute Gasteiger partial charge is 0.341 e. The van der Waals surface area contributed by atoms with Crippen molar-refractivity contribution in [2.24, 2.45) is 0 Å². The fourth-order valence-corrected chi connectivity index (χ4v) is 5.40. The molecule has 1 fully saturated rings. The van der Waals surface area contributed by atoms with E-state index >= 15 is 0 Å². The van der Waals surface area contributed by atoms with Crippen molar-refractivity contribution in [2.45, 2.75) is 22.6 Å². The number of benzene rings is 2. The van der Waals surface area contributed by atoms with Gasteiger partial charge in [0, 0.05) is 18.7 Å². The number of carbonyl (C=O) groups excluding carboxylic acids is 2. The molecule has 1 heterocycles. The third kappa shape index (κ3) is 5.04. The van der Waals surface area contributed by atoms with Crippen LogP contribution in [0.25, 0.3) is 0 Å². The summed E-state index contributed by atoms with van der Waals surface area (Å²) in [5.74, 6) is -2.85. The van der Waals surface area contributed by atoms with E-state index in [2.05, 4.69) is 0 Å². The van der Waals surface area contributed by atoms with Gasteiger partial charge in [-0.25, -0.2) is 30.7 Å². The first-order chi connectivity index (χ1) is 15.1.